The minimum Gasteiger partial charge on any atom is -0.444 e. The second-order valence-corrected chi connectivity index (χ2v) is 4.80. The number of halogens is 1. The molecule has 0 spiro atoms. The van der Waals surface area contributed by atoms with E-state index in [0.29, 0.717) is 18.1 Å². The highest BCUT2D eigenvalue weighted by atomic mass is 35.5. The van der Waals surface area contributed by atoms with Crippen molar-refractivity contribution >= 4 is 18.3 Å². The van der Waals surface area contributed by atoms with Crippen molar-refractivity contribution in [1.29, 1.82) is 0 Å². The summed E-state index contributed by atoms with van der Waals surface area (Å²) in [5, 5.41) is 3.28. The van der Waals surface area contributed by atoms with Crippen molar-refractivity contribution in [1.82, 2.24) is 15.2 Å². The fourth-order valence-electron chi connectivity index (χ4n) is 2.30. The van der Waals surface area contributed by atoms with Crippen LogP contribution in [0.1, 0.15) is 16.9 Å². The van der Waals surface area contributed by atoms with Crippen LogP contribution in [0.3, 0.4) is 0 Å². The lowest BCUT2D eigenvalue weighted by atomic mass is 10.2. The first-order chi connectivity index (χ1) is 9.84. The number of aromatic nitrogens is 1. The molecule has 2 aromatic rings. The zero-order valence-corrected chi connectivity index (χ0v) is 12.4. The Balaban J connectivity index is 0.00000161. The molecule has 1 aromatic heterocycles. The topological polar surface area (TPSA) is 58.4 Å². The van der Waals surface area contributed by atoms with Crippen LogP contribution >= 0.6 is 12.4 Å². The number of hydrogen-bond acceptors (Lipinski definition) is 4. The van der Waals surface area contributed by atoms with Crippen LogP contribution in [0.15, 0.2) is 41.0 Å². The SMILES string of the molecule is Cl.O=C(c1coc(-c2ccccc2)n1)N1CCCNCC1. The summed E-state index contributed by atoms with van der Waals surface area (Å²) in [6.45, 7) is 3.26. The molecule has 1 fully saturated rings. The molecule has 0 saturated carbocycles. The number of carbonyl (C=O) groups is 1. The number of oxazole rings is 1. The van der Waals surface area contributed by atoms with Gasteiger partial charge in [0.05, 0.1) is 0 Å². The highest BCUT2D eigenvalue weighted by molar-refractivity contribution is 5.92. The molecule has 112 valence electrons. The smallest absolute Gasteiger partial charge is 0.275 e. The number of benzene rings is 1. The molecule has 6 heteroatoms. The van der Waals surface area contributed by atoms with E-state index >= 15 is 0 Å². The lowest BCUT2D eigenvalue weighted by molar-refractivity contribution is 0.0760. The standard InChI is InChI=1S/C15H17N3O2.ClH/c19-15(18-9-4-7-16-8-10-18)13-11-20-14(17-13)12-5-2-1-3-6-12;/h1-3,5-6,11,16H,4,7-10H2;1H. The van der Waals surface area contributed by atoms with Gasteiger partial charge in [0.1, 0.15) is 6.26 Å². The largest absolute Gasteiger partial charge is 0.444 e. The Morgan fingerprint density at radius 3 is 2.81 bits per heavy atom. The van der Waals surface area contributed by atoms with Crippen molar-refractivity contribution in [3.63, 3.8) is 0 Å². The number of amides is 1. The second-order valence-electron chi connectivity index (χ2n) is 4.80. The van der Waals surface area contributed by atoms with Gasteiger partial charge in [-0.3, -0.25) is 4.79 Å². The number of hydrogen-bond donors (Lipinski definition) is 1. The molecule has 0 atom stereocenters. The van der Waals surface area contributed by atoms with Gasteiger partial charge < -0.3 is 14.6 Å². The van der Waals surface area contributed by atoms with Gasteiger partial charge in [-0.25, -0.2) is 4.98 Å². The van der Waals surface area contributed by atoms with Crippen LogP contribution in [0.2, 0.25) is 0 Å². The summed E-state index contributed by atoms with van der Waals surface area (Å²) in [5.74, 6) is 0.432. The summed E-state index contributed by atoms with van der Waals surface area (Å²) >= 11 is 0. The monoisotopic (exact) mass is 307 g/mol. The quantitative estimate of drug-likeness (QED) is 0.924. The zero-order chi connectivity index (χ0) is 13.8. The summed E-state index contributed by atoms with van der Waals surface area (Å²) < 4.78 is 5.42. The lowest BCUT2D eigenvalue weighted by Gasteiger charge is -2.18. The van der Waals surface area contributed by atoms with E-state index in [4.69, 9.17) is 4.42 Å². The molecular weight excluding hydrogens is 290 g/mol. The maximum atomic E-state index is 12.4. The van der Waals surface area contributed by atoms with Crippen molar-refractivity contribution in [2.75, 3.05) is 26.2 Å². The van der Waals surface area contributed by atoms with E-state index in [0.717, 1.165) is 31.6 Å². The van der Waals surface area contributed by atoms with Crippen molar-refractivity contribution < 1.29 is 9.21 Å². The second kappa shape index (κ2) is 7.24. The molecular formula is C15H18ClN3O2. The van der Waals surface area contributed by atoms with Gasteiger partial charge in [0.25, 0.3) is 5.91 Å². The normalized spacial score (nSPS) is 15.1. The van der Waals surface area contributed by atoms with Gasteiger partial charge in [-0.1, -0.05) is 18.2 Å². The van der Waals surface area contributed by atoms with Crippen LogP contribution in [-0.4, -0.2) is 42.0 Å². The average molecular weight is 308 g/mol. The molecule has 0 unspecified atom stereocenters. The van der Waals surface area contributed by atoms with E-state index in [1.165, 1.54) is 6.26 Å². The molecule has 5 nitrogen and oxygen atoms in total. The molecule has 21 heavy (non-hydrogen) atoms. The maximum Gasteiger partial charge on any atom is 0.275 e. The Morgan fingerprint density at radius 2 is 2.00 bits per heavy atom. The van der Waals surface area contributed by atoms with E-state index in [2.05, 4.69) is 10.3 Å². The van der Waals surface area contributed by atoms with E-state index in [-0.39, 0.29) is 18.3 Å². The van der Waals surface area contributed by atoms with Crippen LogP contribution in [0.25, 0.3) is 11.5 Å². The van der Waals surface area contributed by atoms with Gasteiger partial charge in [0.15, 0.2) is 5.69 Å². The number of rotatable bonds is 2. The highest BCUT2D eigenvalue weighted by Crippen LogP contribution is 2.18. The zero-order valence-electron chi connectivity index (χ0n) is 11.6. The summed E-state index contributed by atoms with van der Waals surface area (Å²) in [4.78, 5) is 18.5. The van der Waals surface area contributed by atoms with Crippen molar-refractivity contribution in [3.05, 3.63) is 42.3 Å². The first-order valence-corrected chi connectivity index (χ1v) is 6.85. The van der Waals surface area contributed by atoms with Crippen LogP contribution in [0, 0.1) is 0 Å². The highest BCUT2D eigenvalue weighted by Gasteiger charge is 2.20. The Hall–Kier alpha value is -1.85. The molecule has 1 aliphatic heterocycles. The van der Waals surface area contributed by atoms with Gasteiger partial charge in [-0.15, -0.1) is 12.4 Å². The summed E-state index contributed by atoms with van der Waals surface area (Å²) in [7, 11) is 0. The van der Waals surface area contributed by atoms with Gasteiger partial charge >= 0.3 is 0 Å². The number of nitrogens with one attached hydrogen (secondary N) is 1. The first-order valence-electron chi connectivity index (χ1n) is 6.85. The Kier molecular flexibility index (Phi) is 5.36. The fraction of sp³-hybridized carbons (Fsp3) is 0.333. The molecule has 1 saturated heterocycles. The Bertz CT molecular complexity index is 578. The van der Waals surface area contributed by atoms with E-state index in [1.54, 1.807) is 0 Å². The molecule has 1 aromatic carbocycles. The third-order valence-corrected chi connectivity index (χ3v) is 3.37. The molecule has 3 rings (SSSR count). The molecule has 0 radical (unpaired) electrons. The van der Waals surface area contributed by atoms with Crippen LogP contribution in [0.5, 0.6) is 0 Å². The third-order valence-electron chi connectivity index (χ3n) is 3.37. The van der Waals surface area contributed by atoms with E-state index < -0.39 is 0 Å². The lowest BCUT2D eigenvalue weighted by Crippen LogP contribution is -2.34. The molecule has 0 aliphatic carbocycles. The maximum absolute atomic E-state index is 12.4. The van der Waals surface area contributed by atoms with Crippen molar-refractivity contribution in [3.8, 4) is 11.5 Å². The van der Waals surface area contributed by atoms with Gasteiger partial charge in [0, 0.05) is 25.2 Å². The summed E-state index contributed by atoms with van der Waals surface area (Å²) in [5.41, 5.74) is 1.26. The van der Waals surface area contributed by atoms with Gasteiger partial charge in [-0.05, 0) is 25.1 Å². The van der Waals surface area contributed by atoms with Crippen molar-refractivity contribution in [2.45, 2.75) is 6.42 Å². The number of nitrogens with zero attached hydrogens (tertiary/aromatic N) is 2. The predicted octanol–water partition coefficient (Wildman–Crippen LogP) is 2.20. The molecule has 2 heterocycles. The van der Waals surface area contributed by atoms with Gasteiger partial charge in [-0.2, -0.15) is 0 Å². The minimum atomic E-state index is -0.0559. The Morgan fingerprint density at radius 1 is 1.19 bits per heavy atom. The third kappa shape index (κ3) is 3.62. The van der Waals surface area contributed by atoms with Crippen LogP contribution < -0.4 is 5.32 Å². The molecule has 1 aliphatic rings. The minimum absolute atomic E-state index is 0. The number of carbonyl (C=O) groups excluding carboxylic acids is 1. The first kappa shape index (κ1) is 15.5. The van der Waals surface area contributed by atoms with E-state index in [1.807, 2.05) is 35.2 Å². The van der Waals surface area contributed by atoms with Crippen LogP contribution in [-0.2, 0) is 0 Å². The molecule has 1 N–H and O–H groups in total. The fourth-order valence-corrected chi connectivity index (χ4v) is 2.30. The molecule has 1 amide bonds. The average Bonchev–Trinajstić information content (AvgIpc) is 2.83. The Labute approximate surface area is 129 Å². The summed E-state index contributed by atoms with van der Waals surface area (Å²) in [6.07, 6.45) is 2.41. The van der Waals surface area contributed by atoms with Crippen molar-refractivity contribution in [2.24, 2.45) is 0 Å². The predicted molar refractivity (Wildman–Crippen MR) is 82.6 cm³/mol. The van der Waals surface area contributed by atoms with E-state index in [9.17, 15) is 4.79 Å². The van der Waals surface area contributed by atoms with Gasteiger partial charge in [0.2, 0.25) is 5.89 Å². The molecule has 0 bridgehead atoms. The van der Waals surface area contributed by atoms with Crippen LogP contribution in [0.4, 0.5) is 0 Å². The summed E-state index contributed by atoms with van der Waals surface area (Å²) in [6, 6.07) is 9.59.